The molecule has 0 N–H and O–H groups in total. The molecular weight excluding hydrogens is 1330 g/mol. The van der Waals surface area contributed by atoms with Crippen LogP contribution in [0.2, 0.25) is 0 Å². The van der Waals surface area contributed by atoms with E-state index in [0.717, 1.165) is 147 Å². The van der Waals surface area contributed by atoms with Gasteiger partial charge in [-0.2, -0.15) is 0 Å². The minimum atomic E-state index is 0.597. The molecule has 0 radical (unpaired) electrons. The van der Waals surface area contributed by atoms with Gasteiger partial charge in [0, 0.05) is 77.4 Å². The fraction of sp³-hybridized carbons (Fsp3) is 0. The van der Waals surface area contributed by atoms with Crippen LogP contribution in [0.3, 0.4) is 0 Å². The van der Waals surface area contributed by atoms with E-state index in [4.69, 9.17) is 39.9 Å². The SMILES string of the molecule is c1ccc(-c2nc(-c3ccccc3)nc(-c3ccc(-c4ccc5cc(-n6c7ccccc7c7c(-c8nc9ccc(-c%10ccc(-c%11nc(-c%12ccccc%12)nc(-c%12ccc%13ccc(-n%14c%15ccccc%15c%15c(-c%16nc%17ccccc%17s%16)cccc%15%14)cc%13c%12)n%11)cc%10)cc9s8)cccc76)ccc5c4)cc3)n2)cc1. The Morgan fingerprint density at radius 2 is 0.566 bits per heavy atom. The second-order valence-electron chi connectivity index (χ2n) is 26.7. The minimum Gasteiger partial charge on any atom is -0.309 e. The summed E-state index contributed by atoms with van der Waals surface area (Å²) < 4.78 is 7.07. The van der Waals surface area contributed by atoms with E-state index in [9.17, 15) is 0 Å². The molecule has 0 bridgehead atoms. The van der Waals surface area contributed by atoms with E-state index in [2.05, 4.69) is 270 Å². The van der Waals surface area contributed by atoms with Gasteiger partial charge in [0.05, 0.1) is 42.5 Å². The Kier molecular flexibility index (Phi) is 14.4. The summed E-state index contributed by atoms with van der Waals surface area (Å²) in [6.45, 7) is 0. The predicted molar refractivity (Wildman–Crippen MR) is 438 cm³/mol. The molecule has 12 heteroatoms. The Labute approximate surface area is 615 Å². The zero-order valence-corrected chi connectivity index (χ0v) is 58.3. The highest BCUT2D eigenvalue weighted by molar-refractivity contribution is 7.22. The maximum atomic E-state index is 5.35. The van der Waals surface area contributed by atoms with Gasteiger partial charge in [-0.25, -0.2) is 39.9 Å². The van der Waals surface area contributed by atoms with Crippen LogP contribution in [-0.2, 0) is 0 Å². The lowest BCUT2D eigenvalue weighted by Crippen LogP contribution is -2.00. The van der Waals surface area contributed by atoms with Crippen molar-refractivity contribution in [3.05, 3.63) is 340 Å². The Balaban J connectivity index is 0.571. The van der Waals surface area contributed by atoms with Crippen molar-refractivity contribution in [3.8, 4) is 123 Å². The van der Waals surface area contributed by atoms with Gasteiger partial charge in [0.15, 0.2) is 34.9 Å². The molecule has 0 aliphatic rings. The molecular formula is C94H56N10S2. The quantitative estimate of drug-likeness (QED) is 0.119. The minimum absolute atomic E-state index is 0.597. The van der Waals surface area contributed by atoms with Gasteiger partial charge < -0.3 is 9.13 Å². The van der Waals surface area contributed by atoms with Crippen molar-refractivity contribution >= 4 is 108 Å². The summed E-state index contributed by atoms with van der Waals surface area (Å²) >= 11 is 3.47. The van der Waals surface area contributed by atoms with Crippen LogP contribution < -0.4 is 0 Å². The van der Waals surface area contributed by atoms with Gasteiger partial charge in [-0.05, 0) is 129 Å². The highest BCUT2D eigenvalue weighted by atomic mass is 32.1. The van der Waals surface area contributed by atoms with Crippen LogP contribution in [0.5, 0.6) is 0 Å². The van der Waals surface area contributed by atoms with Gasteiger partial charge in [-0.15, -0.1) is 22.7 Å². The van der Waals surface area contributed by atoms with Gasteiger partial charge in [-0.1, -0.05) is 255 Å². The Morgan fingerprint density at radius 3 is 1.10 bits per heavy atom. The first-order valence-corrected chi connectivity index (χ1v) is 36.9. The summed E-state index contributed by atoms with van der Waals surface area (Å²) in [5.41, 5.74) is 20.8. The first-order valence-electron chi connectivity index (χ1n) is 35.3. The third-order valence-electron chi connectivity index (χ3n) is 20.3. The molecule has 0 aliphatic heterocycles. The molecule has 0 atom stereocenters. The highest BCUT2D eigenvalue weighted by Gasteiger charge is 2.23. The third-order valence-corrected chi connectivity index (χ3v) is 22.4. The standard InChI is InChI=1S/C94H56N10S2/c1-4-18-60(19-5-1)87-97-88(61-20-6-2-7-21-61)99-90(98-87)63-39-34-57(35-40-63)65-43-44-67-54-71(50-47-66(67)52-65)103-79-29-13-10-24-73(79)86-76(27-17-31-81(86)103)94-96-78-51-48-68(56-84(78)106-94)58-36-41-64(42-37-58)91-100-89(62-22-8-3-9-23-62)101-92(102-91)69-45-38-59-46-49-72(55-70(59)53-69)104-80-30-14-11-25-74(80)85-75(26-16-32-82(85)104)93-95-77-28-12-15-33-83(77)105-93/h1-56H. The smallest absolute Gasteiger partial charge is 0.164 e. The molecule has 0 fully saturated rings. The number of rotatable bonds is 12. The summed E-state index contributed by atoms with van der Waals surface area (Å²) in [5, 5.41) is 11.2. The summed E-state index contributed by atoms with van der Waals surface area (Å²) in [6.07, 6.45) is 0. The number of aromatic nitrogens is 10. The molecule has 0 amide bonds. The summed E-state index contributed by atoms with van der Waals surface area (Å²) in [7, 11) is 0. The Bertz CT molecular complexity index is 6980. The Hall–Kier alpha value is -13.8. The lowest BCUT2D eigenvalue weighted by atomic mass is 9.99. The van der Waals surface area contributed by atoms with Crippen LogP contribution in [0.4, 0.5) is 0 Å². The maximum Gasteiger partial charge on any atom is 0.164 e. The zero-order valence-electron chi connectivity index (χ0n) is 56.6. The topological polar surface area (TPSA) is 113 Å². The van der Waals surface area contributed by atoms with Gasteiger partial charge in [0.25, 0.3) is 0 Å². The van der Waals surface area contributed by atoms with Gasteiger partial charge in [0.1, 0.15) is 10.0 Å². The number of para-hydroxylation sites is 3. The molecule has 0 saturated heterocycles. The molecule has 21 aromatic rings. The molecule has 494 valence electrons. The van der Waals surface area contributed by atoms with Crippen LogP contribution >= 0.6 is 22.7 Å². The largest absolute Gasteiger partial charge is 0.309 e. The molecule has 6 heterocycles. The average molecular weight is 1390 g/mol. The van der Waals surface area contributed by atoms with Crippen LogP contribution in [-0.4, -0.2) is 49.0 Å². The lowest BCUT2D eigenvalue weighted by Gasteiger charge is -2.12. The fourth-order valence-corrected chi connectivity index (χ4v) is 17.2. The van der Waals surface area contributed by atoms with E-state index in [1.54, 1.807) is 22.7 Å². The summed E-state index contributed by atoms with van der Waals surface area (Å²) in [5.74, 6) is 3.72. The van der Waals surface area contributed by atoms with Gasteiger partial charge in [-0.3, -0.25) is 0 Å². The average Bonchev–Trinajstić information content (AvgIpc) is 1.57. The van der Waals surface area contributed by atoms with E-state index in [-0.39, 0.29) is 0 Å². The first-order chi connectivity index (χ1) is 52.5. The molecule has 10 nitrogen and oxygen atoms in total. The van der Waals surface area contributed by atoms with Crippen LogP contribution in [0.15, 0.2) is 340 Å². The van der Waals surface area contributed by atoms with Crippen LogP contribution in [0.25, 0.3) is 209 Å². The lowest BCUT2D eigenvalue weighted by molar-refractivity contribution is 1.07. The zero-order chi connectivity index (χ0) is 69.8. The van der Waals surface area contributed by atoms with E-state index in [0.29, 0.717) is 34.9 Å². The van der Waals surface area contributed by atoms with Gasteiger partial charge >= 0.3 is 0 Å². The van der Waals surface area contributed by atoms with Crippen molar-refractivity contribution < 1.29 is 0 Å². The maximum absolute atomic E-state index is 5.35. The second-order valence-corrected chi connectivity index (χ2v) is 28.7. The van der Waals surface area contributed by atoms with Crippen LogP contribution in [0.1, 0.15) is 0 Å². The van der Waals surface area contributed by atoms with E-state index < -0.39 is 0 Å². The summed E-state index contributed by atoms with van der Waals surface area (Å²) in [4.78, 5) is 40.9. The number of hydrogen-bond donors (Lipinski definition) is 0. The highest BCUT2D eigenvalue weighted by Crippen LogP contribution is 2.45. The Morgan fingerprint density at radius 1 is 0.208 bits per heavy atom. The number of hydrogen-bond acceptors (Lipinski definition) is 10. The van der Waals surface area contributed by atoms with Crippen molar-refractivity contribution in [1.29, 1.82) is 0 Å². The van der Waals surface area contributed by atoms with E-state index in [1.165, 1.54) is 26.2 Å². The van der Waals surface area contributed by atoms with E-state index >= 15 is 0 Å². The molecule has 106 heavy (non-hydrogen) atoms. The van der Waals surface area contributed by atoms with Crippen molar-refractivity contribution in [2.75, 3.05) is 0 Å². The van der Waals surface area contributed by atoms with Gasteiger partial charge in [0.2, 0.25) is 0 Å². The molecule has 0 spiro atoms. The second kappa shape index (κ2) is 25.0. The molecule has 0 aliphatic carbocycles. The number of nitrogens with zero attached hydrogens (tertiary/aromatic N) is 10. The van der Waals surface area contributed by atoms with Crippen molar-refractivity contribution in [2.24, 2.45) is 0 Å². The fourth-order valence-electron chi connectivity index (χ4n) is 15.1. The van der Waals surface area contributed by atoms with Crippen molar-refractivity contribution in [1.82, 2.24) is 49.0 Å². The molecule has 6 aromatic heterocycles. The van der Waals surface area contributed by atoms with Crippen LogP contribution in [0, 0.1) is 0 Å². The third kappa shape index (κ3) is 10.6. The first kappa shape index (κ1) is 60.9. The monoisotopic (exact) mass is 1390 g/mol. The van der Waals surface area contributed by atoms with E-state index in [1.807, 2.05) is 78.9 Å². The van der Waals surface area contributed by atoms with Crippen molar-refractivity contribution in [3.63, 3.8) is 0 Å². The normalized spacial score (nSPS) is 11.8. The number of benzene rings is 15. The predicted octanol–water partition coefficient (Wildman–Crippen LogP) is 24.4. The molecule has 15 aromatic carbocycles. The number of thiazole rings is 2. The van der Waals surface area contributed by atoms with Crippen molar-refractivity contribution in [2.45, 2.75) is 0 Å². The summed E-state index contributed by atoms with van der Waals surface area (Å²) in [6, 6.07) is 120. The number of fused-ring (bicyclic) bond motifs is 10. The molecule has 21 rings (SSSR count). The molecule has 0 saturated carbocycles. The molecule has 0 unspecified atom stereocenters.